The van der Waals surface area contributed by atoms with E-state index >= 15 is 0 Å². The molecule has 0 aliphatic carbocycles. The molecular formula is C15H12ClN3O. The zero-order valence-electron chi connectivity index (χ0n) is 10.9. The van der Waals surface area contributed by atoms with E-state index in [0.717, 1.165) is 16.6 Å². The third-order valence-corrected chi connectivity index (χ3v) is 3.06. The Balaban J connectivity index is 2.10. The van der Waals surface area contributed by atoms with Gasteiger partial charge >= 0.3 is 0 Å². The fourth-order valence-electron chi connectivity index (χ4n) is 1.99. The second-order valence-corrected chi connectivity index (χ2v) is 4.72. The van der Waals surface area contributed by atoms with E-state index in [1.54, 1.807) is 13.2 Å². The number of rotatable bonds is 3. The summed E-state index contributed by atoms with van der Waals surface area (Å²) in [4.78, 5) is 13.2. The fourth-order valence-corrected chi connectivity index (χ4v) is 2.20. The molecule has 0 aliphatic rings. The van der Waals surface area contributed by atoms with Gasteiger partial charge in [-0.15, -0.1) is 0 Å². The number of para-hydroxylation sites is 1. The summed E-state index contributed by atoms with van der Waals surface area (Å²) in [7, 11) is 1.62. The van der Waals surface area contributed by atoms with Crippen molar-refractivity contribution in [3.8, 4) is 11.5 Å². The number of aromatic nitrogens is 3. The maximum atomic E-state index is 6.02. The van der Waals surface area contributed by atoms with Crippen molar-refractivity contribution in [2.75, 3.05) is 7.11 Å². The predicted octanol–water partition coefficient (Wildman–Crippen LogP) is 3.49. The van der Waals surface area contributed by atoms with Gasteiger partial charge in [-0.3, -0.25) is 0 Å². The molecule has 0 saturated carbocycles. The number of fused-ring (bicyclic) bond motifs is 1. The van der Waals surface area contributed by atoms with E-state index in [4.69, 9.17) is 16.3 Å². The SMILES string of the molecule is COCc1cc(Cl)nc(-c2ccc3ccccc3n2)n1. The van der Waals surface area contributed by atoms with Crippen LogP contribution in [-0.4, -0.2) is 22.1 Å². The summed E-state index contributed by atoms with van der Waals surface area (Å²) in [6, 6.07) is 13.5. The van der Waals surface area contributed by atoms with Crippen LogP contribution in [0.3, 0.4) is 0 Å². The highest BCUT2D eigenvalue weighted by Gasteiger charge is 2.08. The number of hydrogen-bond donors (Lipinski definition) is 0. The summed E-state index contributed by atoms with van der Waals surface area (Å²) in [5, 5.41) is 1.47. The van der Waals surface area contributed by atoms with Gasteiger partial charge < -0.3 is 4.74 Å². The Hall–Kier alpha value is -2.04. The third kappa shape index (κ3) is 2.61. The van der Waals surface area contributed by atoms with Crippen LogP contribution in [0.2, 0.25) is 5.15 Å². The lowest BCUT2D eigenvalue weighted by Crippen LogP contribution is -1.99. The second kappa shape index (κ2) is 5.53. The number of pyridine rings is 1. The van der Waals surface area contributed by atoms with Crippen molar-refractivity contribution in [1.82, 2.24) is 15.0 Å². The molecule has 0 unspecified atom stereocenters. The minimum absolute atomic E-state index is 0.386. The molecule has 20 heavy (non-hydrogen) atoms. The lowest BCUT2D eigenvalue weighted by Gasteiger charge is -2.05. The molecule has 0 amide bonds. The first-order valence-corrected chi connectivity index (χ1v) is 6.52. The Labute approximate surface area is 121 Å². The number of ether oxygens (including phenoxy) is 1. The average molecular weight is 286 g/mol. The molecule has 0 spiro atoms. The highest BCUT2D eigenvalue weighted by atomic mass is 35.5. The minimum Gasteiger partial charge on any atom is -0.378 e. The Kier molecular flexibility index (Phi) is 3.58. The monoisotopic (exact) mass is 285 g/mol. The number of halogens is 1. The van der Waals surface area contributed by atoms with E-state index in [-0.39, 0.29) is 0 Å². The van der Waals surface area contributed by atoms with Crippen LogP contribution in [0.15, 0.2) is 42.5 Å². The molecule has 5 heteroatoms. The summed E-state index contributed by atoms with van der Waals surface area (Å²) in [6.07, 6.45) is 0. The third-order valence-electron chi connectivity index (χ3n) is 2.87. The quantitative estimate of drug-likeness (QED) is 0.691. The van der Waals surface area contributed by atoms with Crippen molar-refractivity contribution in [2.24, 2.45) is 0 Å². The van der Waals surface area contributed by atoms with Gasteiger partial charge in [-0.05, 0) is 18.2 Å². The average Bonchev–Trinajstić information content (AvgIpc) is 2.46. The number of methoxy groups -OCH3 is 1. The van der Waals surface area contributed by atoms with Gasteiger partial charge in [0.1, 0.15) is 10.8 Å². The summed E-state index contributed by atoms with van der Waals surface area (Å²) >= 11 is 6.02. The highest BCUT2D eigenvalue weighted by Crippen LogP contribution is 2.20. The van der Waals surface area contributed by atoms with Crippen LogP contribution in [0.1, 0.15) is 5.69 Å². The van der Waals surface area contributed by atoms with E-state index in [9.17, 15) is 0 Å². The van der Waals surface area contributed by atoms with Gasteiger partial charge in [-0.1, -0.05) is 35.9 Å². The normalized spacial score (nSPS) is 10.9. The summed E-state index contributed by atoms with van der Waals surface area (Å²) in [5.74, 6) is 0.510. The molecule has 0 atom stereocenters. The summed E-state index contributed by atoms with van der Waals surface area (Å²) < 4.78 is 5.07. The van der Waals surface area contributed by atoms with Crippen molar-refractivity contribution in [3.63, 3.8) is 0 Å². The molecule has 4 nitrogen and oxygen atoms in total. The van der Waals surface area contributed by atoms with Crippen LogP contribution >= 0.6 is 11.6 Å². The van der Waals surface area contributed by atoms with Crippen LogP contribution in [0.4, 0.5) is 0 Å². The number of nitrogens with zero attached hydrogens (tertiary/aromatic N) is 3. The van der Waals surface area contributed by atoms with Gasteiger partial charge in [0.15, 0.2) is 5.82 Å². The van der Waals surface area contributed by atoms with E-state index in [0.29, 0.717) is 23.3 Å². The lowest BCUT2D eigenvalue weighted by atomic mass is 10.2. The summed E-state index contributed by atoms with van der Waals surface area (Å²) in [5.41, 5.74) is 2.34. The van der Waals surface area contributed by atoms with Crippen LogP contribution in [0, 0.1) is 0 Å². The molecule has 2 heterocycles. The first-order valence-electron chi connectivity index (χ1n) is 6.15. The first kappa shape index (κ1) is 13.0. The Bertz CT molecular complexity index is 761. The molecule has 0 aliphatic heterocycles. The van der Waals surface area contributed by atoms with Crippen LogP contribution in [-0.2, 0) is 11.3 Å². The molecule has 100 valence electrons. The number of benzene rings is 1. The molecule has 0 N–H and O–H groups in total. The summed E-state index contributed by atoms with van der Waals surface area (Å²) in [6.45, 7) is 0.392. The van der Waals surface area contributed by atoms with Crippen LogP contribution < -0.4 is 0 Å². The van der Waals surface area contributed by atoms with Gasteiger partial charge in [-0.25, -0.2) is 15.0 Å². The predicted molar refractivity (Wildman–Crippen MR) is 78.5 cm³/mol. The lowest BCUT2D eigenvalue weighted by molar-refractivity contribution is 0.181. The standard InChI is InChI=1S/C15H12ClN3O/c1-20-9-11-8-14(16)19-15(17-11)13-7-6-10-4-2-3-5-12(10)18-13/h2-8H,9H2,1H3. The van der Waals surface area contributed by atoms with Crippen LogP contribution in [0.25, 0.3) is 22.4 Å². The Morgan fingerprint density at radius 1 is 1.05 bits per heavy atom. The number of hydrogen-bond acceptors (Lipinski definition) is 4. The minimum atomic E-state index is 0.386. The van der Waals surface area contributed by atoms with Gasteiger partial charge in [0.05, 0.1) is 17.8 Å². The van der Waals surface area contributed by atoms with Crippen molar-refractivity contribution >= 4 is 22.5 Å². The Morgan fingerprint density at radius 3 is 2.75 bits per heavy atom. The van der Waals surface area contributed by atoms with E-state index in [1.807, 2.05) is 36.4 Å². The molecule has 0 saturated heterocycles. The van der Waals surface area contributed by atoms with Crippen molar-refractivity contribution in [1.29, 1.82) is 0 Å². The Morgan fingerprint density at radius 2 is 1.90 bits per heavy atom. The molecular weight excluding hydrogens is 274 g/mol. The van der Waals surface area contributed by atoms with Gasteiger partial charge in [0, 0.05) is 12.5 Å². The zero-order valence-corrected chi connectivity index (χ0v) is 11.6. The zero-order chi connectivity index (χ0) is 13.9. The van der Waals surface area contributed by atoms with E-state index < -0.39 is 0 Å². The van der Waals surface area contributed by atoms with Crippen LogP contribution in [0.5, 0.6) is 0 Å². The molecule has 1 aromatic carbocycles. The van der Waals surface area contributed by atoms with Gasteiger partial charge in [0.25, 0.3) is 0 Å². The molecule has 0 fully saturated rings. The van der Waals surface area contributed by atoms with Gasteiger partial charge in [-0.2, -0.15) is 0 Å². The molecule has 0 radical (unpaired) electrons. The van der Waals surface area contributed by atoms with Crippen molar-refractivity contribution in [3.05, 3.63) is 53.3 Å². The molecule has 2 aromatic heterocycles. The second-order valence-electron chi connectivity index (χ2n) is 4.33. The largest absolute Gasteiger partial charge is 0.378 e. The topological polar surface area (TPSA) is 47.9 Å². The van der Waals surface area contributed by atoms with Gasteiger partial charge in [0.2, 0.25) is 0 Å². The van der Waals surface area contributed by atoms with Crippen molar-refractivity contribution in [2.45, 2.75) is 6.61 Å². The fraction of sp³-hybridized carbons (Fsp3) is 0.133. The van der Waals surface area contributed by atoms with Crippen molar-refractivity contribution < 1.29 is 4.74 Å². The molecule has 3 aromatic rings. The smallest absolute Gasteiger partial charge is 0.179 e. The maximum Gasteiger partial charge on any atom is 0.179 e. The first-order chi connectivity index (χ1) is 9.76. The van der Waals surface area contributed by atoms with E-state index in [2.05, 4.69) is 15.0 Å². The maximum absolute atomic E-state index is 6.02. The van der Waals surface area contributed by atoms with E-state index in [1.165, 1.54) is 0 Å². The molecule has 0 bridgehead atoms. The molecule has 3 rings (SSSR count). The highest BCUT2D eigenvalue weighted by molar-refractivity contribution is 6.29.